The first-order valence-electron chi connectivity index (χ1n) is 5.00. The lowest BCUT2D eigenvalue weighted by Crippen LogP contribution is -2.41. The van der Waals surface area contributed by atoms with Gasteiger partial charge in [0, 0.05) is 6.07 Å². The summed E-state index contributed by atoms with van der Waals surface area (Å²) in [4.78, 5) is 23.9. The van der Waals surface area contributed by atoms with Crippen LogP contribution in [0.15, 0.2) is 12.1 Å². The first kappa shape index (κ1) is 11.4. The number of Topliss-reactive ketones (excluding diaryl/α,β-unsaturated/α-hetero) is 1. The SMILES string of the molecule is CC(=O)CN1C(=O)COc2cc(F)c(N)cc21. The number of hydrogen-bond donors (Lipinski definition) is 1. The van der Waals surface area contributed by atoms with Crippen molar-refractivity contribution in [2.24, 2.45) is 0 Å². The predicted molar refractivity (Wildman–Crippen MR) is 59.3 cm³/mol. The molecule has 2 rings (SSSR count). The second-order valence-electron chi connectivity index (χ2n) is 3.81. The Hall–Kier alpha value is -2.11. The summed E-state index contributed by atoms with van der Waals surface area (Å²) in [7, 11) is 0. The number of carbonyl (C=O) groups excluding carboxylic acids is 2. The van der Waals surface area contributed by atoms with Crippen LogP contribution < -0.4 is 15.4 Å². The molecule has 1 amide bonds. The minimum absolute atomic E-state index is 0.0692. The van der Waals surface area contributed by atoms with Crippen LogP contribution in [-0.4, -0.2) is 24.8 Å². The Morgan fingerprint density at radius 1 is 1.59 bits per heavy atom. The van der Waals surface area contributed by atoms with Gasteiger partial charge in [-0.3, -0.25) is 14.5 Å². The Bertz CT molecular complexity index is 502. The molecular weight excluding hydrogens is 227 g/mol. The number of amides is 1. The second kappa shape index (κ2) is 4.04. The van der Waals surface area contributed by atoms with Crippen molar-refractivity contribution in [3.8, 4) is 5.75 Å². The van der Waals surface area contributed by atoms with Gasteiger partial charge in [0.15, 0.2) is 6.61 Å². The Morgan fingerprint density at radius 2 is 2.29 bits per heavy atom. The minimum Gasteiger partial charge on any atom is -0.481 e. The monoisotopic (exact) mass is 238 g/mol. The molecule has 0 atom stereocenters. The molecule has 5 nitrogen and oxygen atoms in total. The van der Waals surface area contributed by atoms with E-state index in [4.69, 9.17) is 10.5 Å². The largest absolute Gasteiger partial charge is 0.481 e. The summed E-state index contributed by atoms with van der Waals surface area (Å²) in [6.45, 7) is 1.10. The van der Waals surface area contributed by atoms with Gasteiger partial charge < -0.3 is 10.5 Å². The number of nitrogen functional groups attached to an aromatic ring is 1. The molecule has 0 fully saturated rings. The highest BCUT2D eigenvalue weighted by atomic mass is 19.1. The minimum atomic E-state index is -0.610. The highest BCUT2D eigenvalue weighted by Crippen LogP contribution is 2.35. The quantitative estimate of drug-likeness (QED) is 0.770. The van der Waals surface area contributed by atoms with E-state index in [1.807, 2.05) is 0 Å². The van der Waals surface area contributed by atoms with E-state index in [0.717, 1.165) is 6.07 Å². The van der Waals surface area contributed by atoms with Crippen LogP contribution in [0.3, 0.4) is 0 Å². The highest BCUT2D eigenvalue weighted by Gasteiger charge is 2.27. The van der Waals surface area contributed by atoms with E-state index in [0.29, 0.717) is 5.69 Å². The third-order valence-electron chi connectivity index (χ3n) is 2.40. The van der Waals surface area contributed by atoms with Crippen LogP contribution in [0.4, 0.5) is 15.8 Å². The number of carbonyl (C=O) groups is 2. The summed E-state index contributed by atoms with van der Waals surface area (Å²) >= 11 is 0. The molecule has 0 saturated carbocycles. The van der Waals surface area contributed by atoms with Crippen LogP contribution in [0.2, 0.25) is 0 Å². The summed E-state index contributed by atoms with van der Waals surface area (Å²) in [5, 5.41) is 0. The van der Waals surface area contributed by atoms with Crippen molar-refractivity contribution in [2.45, 2.75) is 6.92 Å². The zero-order valence-corrected chi connectivity index (χ0v) is 9.20. The summed E-state index contributed by atoms with van der Waals surface area (Å²) in [5.41, 5.74) is 5.67. The Morgan fingerprint density at radius 3 is 2.94 bits per heavy atom. The molecule has 0 aliphatic carbocycles. The maximum atomic E-state index is 13.2. The Kier molecular flexibility index (Phi) is 2.71. The van der Waals surface area contributed by atoms with E-state index < -0.39 is 5.82 Å². The zero-order chi connectivity index (χ0) is 12.6. The fourth-order valence-electron chi connectivity index (χ4n) is 1.63. The normalized spacial score (nSPS) is 14.2. The van der Waals surface area contributed by atoms with E-state index in [2.05, 4.69) is 0 Å². The van der Waals surface area contributed by atoms with Gasteiger partial charge in [-0.1, -0.05) is 0 Å². The summed E-state index contributed by atoms with van der Waals surface area (Å²) < 4.78 is 18.3. The van der Waals surface area contributed by atoms with Crippen LogP contribution in [0.25, 0.3) is 0 Å². The molecule has 0 bridgehead atoms. The van der Waals surface area contributed by atoms with Gasteiger partial charge in [-0.05, 0) is 13.0 Å². The van der Waals surface area contributed by atoms with Gasteiger partial charge in [0.05, 0.1) is 17.9 Å². The average molecular weight is 238 g/mol. The lowest BCUT2D eigenvalue weighted by atomic mass is 10.2. The van der Waals surface area contributed by atoms with E-state index in [-0.39, 0.29) is 36.3 Å². The Labute approximate surface area is 97.0 Å². The van der Waals surface area contributed by atoms with Crippen molar-refractivity contribution in [3.05, 3.63) is 17.9 Å². The fraction of sp³-hybridized carbons (Fsp3) is 0.273. The molecule has 0 unspecified atom stereocenters. The van der Waals surface area contributed by atoms with Crippen molar-refractivity contribution in [2.75, 3.05) is 23.8 Å². The number of anilines is 2. The van der Waals surface area contributed by atoms with Crippen LogP contribution >= 0.6 is 0 Å². The lowest BCUT2D eigenvalue weighted by Gasteiger charge is -2.28. The van der Waals surface area contributed by atoms with Crippen LogP contribution in [-0.2, 0) is 9.59 Å². The van der Waals surface area contributed by atoms with Crippen LogP contribution in [0, 0.1) is 5.82 Å². The van der Waals surface area contributed by atoms with Crippen molar-refractivity contribution in [1.29, 1.82) is 0 Å². The number of ketones is 1. The van der Waals surface area contributed by atoms with Gasteiger partial charge in [0.1, 0.15) is 17.3 Å². The zero-order valence-electron chi connectivity index (χ0n) is 9.20. The smallest absolute Gasteiger partial charge is 0.265 e. The number of fused-ring (bicyclic) bond motifs is 1. The van der Waals surface area contributed by atoms with Crippen molar-refractivity contribution in [1.82, 2.24) is 0 Å². The molecule has 1 aliphatic heterocycles. The molecule has 1 aromatic rings. The number of rotatable bonds is 2. The number of hydrogen-bond acceptors (Lipinski definition) is 4. The third-order valence-corrected chi connectivity index (χ3v) is 2.40. The molecule has 0 spiro atoms. The molecular formula is C11H11FN2O3. The maximum absolute atomic E-state index is 13.2. The van der Waals surface area contributed by atoms with E-state index in [1.165, 1.54) is 17.9 Å². The fourth-order valence-corrected chi connectivity index (χ4v) is 1.63. The standard InChI is InChI=1S/C11H11FN2O3/c1-6(15)4-14-9-3-8(13)7(12)2-10(9)17-5-11(14)16/h2-3H,4-5,13H2,1H3. The number of nitrogens with zero attached hydrogens (tertiary/aromatic N) is 1. The van der Waals surface area contributed by atoms with Crippen molar-refractivity contribution >= 4 is 23.1 Å². The number of ether oxygens (including phenoxy) is 1. The summed E-state index contributed by atoms with van der Waals surface area (Å²) in [6, 6.07) is 2.41. The van der Waals surface area contributed by atoms with Gasteiger partial charge in [0.2, 0.25) is 0 Å². The summed E-state index contributed by atoms with van der Waals surface area (Å²) in [5.74, 6) is -0.911. The van der Waals surface area contributed by atoms with Gasteiger partial charge in [0.25, 0.3) is 5.91 Å². The third kappa shape index (κ3) is 2.06. The van der Waals surface area contributed by atoms with Crippen LogP contribution in [0.5, 0.6) is 5.75 Å². The number of nitrogens with two attached hydrogens (primary N) is 1. The number of halogens is 1. The molecule has 0 saturated heterocycles. The maximum Gasteiger partial charge on any atom is 0.265 e. The highest BCUT2D eigenvalue weighted by molar-refractivity contribution is 6.02. The van der Waals surface area contributed by atoms with Gasteiger partial charge in [-0.2, -0.15) is 0 Å². The molecule has 1 aliphatic rings. The molecule has 1 aromatic carbocycles. The average Bonchev–Trinajstić information content (AvgIpc) is 2.25. The molecule has 2 N–H and O–H groups in total. The van der Waals surface area contributed by atoms with Gasteiger partial charge in [-0.15, -0.1) is 0 Å². The molecule has 0 aromatic heterocycles. The Balaban J connectivity index is 2.47. The lowest BCUT2D eigenvalue weighted by molar-refractivity contribution is -0.123. The topological polar surface area (TPSA) is 72.6 Å². The first-order valence-corrected chi connectivity index (χ1v) is 5.00. The van der Waals surface area contributed by atoms with Gasteiger partial charge in [-0.25, -0.2) is 4.39 Å². The molecule has 0 radical (unpaired) electrons. The van der Waals surface area contributed by atoms with Gasteiger partial charge >= 0.3 is 0 Å². The molecule has 1 heterocycles. The first-order chi connectivity index (χ1) is 7.99. The molecule has 90 valence electrons. The van der Waals surface area contributed by atoms with Crippen molar-refractivity contribution < 1.29 is 18.7 Å². The second-order valence-corrected chi connectivity index (χ2v) is 3.81. The van der Waals surface area contributed by atoms with E-state index >= 15 is 0 Å². The van der Waals surface area contributed by atoms with Crippen molar-refractivity contribution in [3.63, 3.8) is 0 Å². The van der Waals surface area contributed by atoms with E-state index in [1.54, 1.807) is 0 Å². The van der Waals surface area contributed by atoms with E-state index in [9.17, 15) is 14.0 Å². The predicted octanol–water partition coefficient (Wildman–Crippen LogP) is 0.722. The number of benzene rings is 1. The molecule has 17 heavy (non-hydrogen) atoms. The van der Waals surface area contributed by atoms with Crippen LogP contribution in [0.1, 0.15) is 6.92 Å². The summed E-state index contributed by atoms with van der Waals surface area (Å²) in [6.07, 6.45) is 0. The molecule has 6 heteroatoms.